The van der Waals surface area contributed by atoms with Crippen molar-refractivity contribution >= 4 is 16.9 Å². The number of fused-ring (bicyclic) bond motifs is 1. The topological polar surface area (TPSA) is 84.7 Å². The van der Waals surface area contributed by atoms with Crippen molar-refractivity contribution in [1.29, 1.82) is 0 Å². The van der Waals surface area contributed by atoms with Crippen molar-refractivity contribution in [3.63, 3.8) is 0 Å². The maximum atomic E-state index is 14.3. The summed E-state index contributed by atoms with van der Waals surface area (Å²) in [5, 5.41) is 3.40. The summed E-state index contributed by atoms with van der Waals surface area (Å²) in [5.41, 5.74) is 2.06. The molecule has 2 N–H and O–H groups in total. The van der Waals surface area contributed by atoms with E-state index < -0.39 is 17.1 Å². The molecule has 0 spiro atoms. The Morgan fingerprint density at radius 3 is 2.43 bits per heavy atom. The smallest absolute Gasteiger partial charge is 0.333 e. The molecule has 0 unspecified atom stereocenters. The van der Waals surface area contributed by atoms with Crippen molar-refractivity contribution in [2.75, 3.05) is 11.9 Å². The third-order valence-electron chi connectivity index (χ3n) is 6.12. The predicted molar refractivity (Wildman–Crippen MR) is 138 cm³/mol. The van der Waals surface area contributed by atoms with Crippen LogP contribution in [0.15, 0.2) is 58.1 Å². The molecule has 2 aromatic heterocycles. The monoisotopic (exact) mass is 477 g/mol. The number of anilines is 1. The summed E-state index contributed by atoms with van der Waals surface area (Å²) in [7, 11) is 0. The standard InChI is InChI=1S/C27H32FN5O2/c1-3-5-15-29-21-13-11-19(12-14-21)17-23-30-24-25(31-23)32(16-6-4-2)27(35)33(26(24)34)18-20-9-7-8-10-22(20)28/h7-14,29H,3-6,15-18H2,1-2H3,(H,30,31). The number of nitrogens with one attached hydrogen (secondary N) is 2. The number of benzene rings is 2. The average molecular weight is 478 g/mol. The fraction of sp³-hybridized carbons (Fsp3) is 0.370. The first-order chi connectivity index (χ1) is 17.0. The van der Waals surface area contributed by atoms with E-state index >= 15 is 0 Å². The summed E-state index contributed by atoms with van der Waals surface area (Å²) in [6.45, 7) is 5.44. The number of aryl methyl sites for hydroxylation is 1. The average Bonchev–Trinajstić information content (AvgIpc) is 3.28. The summed E-state index contributed by atoms with van der Waals surface area (Å²) < 4.78 is 16.9. The maximum absolute atomic E-state index is 14.3. The van der Waals surface area contributed by atoms with E-state index in [1.165, 1.54) is 10.6 Å². The number of nitrogens with zero attached hydrogens (tertiary/aromatic N) is 3. The lowest BCUT2D eigenvalue weighted by atomic mass is 10.1. The van der Waals surface area contributed by atoms with Crippen LogP contribution < -0.4 is 16.6 Å². The van der Waals surface area contributed by atoms with Gasteiger partial charge >= 0.3 is 5.69 Å². The van der Waals surface area contributed by atoms with Crippen molar-refractivity contribution in [3.8, 4) is 0 Å². The van der Waals surface area contributed by atoms with E-state index in [1.807, 2.05) is 31.2 Å². The first-order valence-electron chi connectivity index (χ1n) is 12.3. The van der Waals surface area contributed by atoms with E-state index in [0.29, 0.717) is 30.0 Å². The van der Waals surface area contributed by atoms with Gasteiger partial charge < -0.3 is 10.3 Å². The Balaban J connectivity index is 1.68. The molecule has 2 heterocycles. The molecule has 184 valence electrons. The Morgan fingerprint density at radius 2 is 1.71 bits per heavy atom. The zero-order valence-corrected chi connectivity index (χ0v) is 20.3. The molecule has 0 radical (unpaired) electrons. The molecule has 0 saturated carbocycles. The summed E-state index contributed by atoms with van der Waals surface area (Å²) in [4.78, 5) is 34.3. The van der Waals surface area contributed by atoms with Crippen LogP contribution in [0.2, 0.25) is 0 Å². The van der Waals surface area contributed by atoms with E-state index in [-0.39, 0.29) is 12.1 Å². The largest absolute Gasteiger partial charge is 0.385 e. The van der Waals surface area contributed by atoms with Crippen LogP contribution in [-0.2, 0) is 19.5 Å². The van der Waals surface area contributed by atoms with E-state index in [4.69, 9.17) is 0 Å². The molecular weight excluding hydrogens is 445 g/mol. The SMILES string of the molecule is CCCCNc1ccc(Cc2nc3c([nH]2)c(=O)n(Cc2ccccc2F)c(=O)n3CCCC)cc1. The lowest BCUT2D eigenvalue weighted by Crippen LogP contribution is -2.40. The van der Waals surface area contributed by atoms with Crippen molar-refractivity contribution in [1.82, 2.24) is 19.1 Å². The van der Waals surface area contributed by atoms with Gasteiger partial charge in [-0.05, 0) is 36.6 Å². The quantitative estimate of drug-likeness (QED) is 0.307. The summed E-state index contributed by atoms with van der Waals surface area (Å²) in [5.74, 6) is 0.161. The molecule has 7 nitrogen and oxygen atoms in total. The van der Waals surface area contributed by atoms with E-state index in [0.717, 1.165) is 48.0 Å². The predicted octanol–water partition coefficient (Wildman–Crippen LogP) is 4.68. The van der Waals surface area contributed by atoms with E-state index in [1.54, 1.807) is 18.2 Å². The molecule has 0 amide bonds. The van der Waals surface area contributed by atoms with Crippen LogP contribution in [0.5, 0.6) is 0 Å². The summed E-state index contributed by atoms with van der Waals surface area (Å²) in [6.07, 6.45) is 4.41. The van der Waals surface area contributed by atoms with Gasteiger partial charge in [0.1, 0.15) is 17.2 Å². The second kappa shape index (κ2) is 11.2. The zero-order chi connectivity index (χ0) is 24.8. The van der Waals surface area contributed by atoms with Crippen LogP contribution in [0.4, 0.5) is 10.1 Å². The Hall–Kier alpha value is -3.68. The number of halogens is 1. The molecule has 35 heavy (non-hydrogen) atoms. The Bertz CT molecular complexity index is 1400. The minimum atomic E-state index is -0.491. The maximum Gasteiger partial charge on any atom is 0.333 e. The molecule has 4 aromatic rings. The van der Waals surface area contributed by atoms with Crippen LogP contribution in [0.1, 0.15) is 56.5 Å². The number of H-pyrrole nitrogens is 1. The van der Waals surface area contributed by atoms with Gasteiger partial charge in [0, 0.05) is 30.8 Å². The number of aromatic nitrogens is 4. The fourth-order valence-electron chi connectivity index (χ4n) is 4.10. The van der Waals surface area contributed by atoms with Gasteiger partial charge in [0.05, 0.1) is 6.54 Å². The number of unbranched alkanes of at least 4 members (excludes halogenated alkanes) is 2. The van der Waals surface area contributed by atoms with Crippen LogP contribution in [0.3, 0.4) is 0 Å². The van der Waals surface area contributed by atoms with Crippen molar-refractivity contribution in [3.05, 3.63) is 92.1 Å². The summed E-state index contributed by atoms with van der Waals surface area (Å²) in [6, 6.07) is 14.3. The normalized spacial score (nSPS) is 11.3. The van der Waals surface area contributed by atoms with E-state index in [2.05, 4.69) is 22.2 Å². The van der Waals surface area contributed by atoms with Gasteiger partial charge in [-0.15, -0.1) is 0 Å². The van der Waals surface area contributed by atoms with Crippen LogP contribution in [-0.4, -0.2) is 25.6 Å². The molecule has 8 heteroatoms. The van der Waals surface area contributed by atoms with Crippen molar-refractivity contribution in [2.45, 2.75) is 59.0 Å². The number of aromatic amines is 1. The van der Waals surface area contributed by atoms with Gasteiger partial charge in [0.2, 0.25) is 0 Å². The molecule has 0 aliphatic heterocycles. The highest BCUT2D eigenvalue weighted by Crippen LogP contribution is 2.15. The minimum absolute atomic E-state index is 0.132. The van der Waals surface area contributed by atoms with Crippen molar-refractivity contribution in [2.24, 2.45) is 0 Å². The van der Waals surface area contributed by atoms with Crippen LogP contribution in [0.25, 0.3) is 11.2 Å². The molecule has 0 saturated heterocycles. The molecular formula is C27H32FN5O2. The molecule has 2 aromatic carbocycles. The lowest BCUT2D eigenvalue weighted by molar-refractivity contribution is 0.553. The van der Waals surface area contributed by atoms with Gasteiger partial charge in [-0.1, -0.05) is 57.0 Å². The molecule has 0 aliphatic rings. The second-order valence-electron chi connectivity index (χ2n) is 8.81. The third kappa shape index (κ3) is 5.53. The first-order valence-corrected chi connectivity index (χ1v) is 12.3. The third-order valence-corrected chi connectivity index (χ3v) is 6.12. The molecule has 0 aliphatic carbocycles. The Labute approximate surface area is 203 Å². The number of hydrogen-bond acceptors (Lipinski definition) is 4. The number of imidazole rings is 1. The first kappa shape index (κ1) is 24.4. The van der Waals surface area contributed by atoms with E-state index in [9.17, 15) is 14.0 Å². The van der Waals surface area contributed by atoms with Gasteiger partial charge in [0.15, 0.2) is 5.65 Å². The number of rotatable bonds is 11. The lowest BCUT2D eigenvalue weighted by Gasteiger charge is -2.11. The van der Waals surface area contributed by atoms with Gasteiger partial charge in [0.25, 0.3) is 5.56 Å². The molecule has 0 atom stereocenters. The van der Waals surface area contributed by atoms with Gasteiger partial charge in [-0.25, -0.2) is 14.2 Å². The van der Waals surface area contributed by atoms with Crippen molar-refractivity contribution < 1.29 is 4.39 Å². The second-order valence-corrected chi connectivity index (χ2v) is 8.81. The highest BCUT2D eigenvalue weighted by atomic mass is 19.1. The van der Waals surface area contributed by atoms with Crippen LogP contribution >= 0.6 is 0 Å². The van der Waals surface area contributed by atoms with Crippen LogP contribution in [0, 0.1) is 5.82 Å². The molecule has 0 bridgehead atoms. The highest BCUT2D eigenvalue weighted by molar-refractivity contribution is 5.70. The van der Waals surface area contributed by atoms with Gasteiger partial charge in [-0.2, -0.15) is 0 Å². The van der Waals surface area contributed by atoms with Gasteiger partial charge in [-0.3, -0.25) is 13.9 Å². The molecule has 4 rings (SSSR count). The number of hydrogen-bond donors (Lipinski definition) is 2. The Kier molecular flexibility index (Phi) is 7.80. The Morgan fingerprint density at radius 1 is 0.971 bits per heavy atom. The fourth-order valence-corrected chi connectivity index (χ4v) is 4.10. The highest BCUT2D eigenvalue weighted by Gasteiger charge is 2.18. The summed E-state index contributed by atoms with van der Waals surface area (Å²) >= 11 is 0. The molecule has 0 fully saturated rings. The zero-order valence-electron chi connectivity index (χ0n) is 20.3. The minimum Gasteiger partial charge on any atom is -0.385 e.